The lowest BCUT2D eigenvalue weighted by Gasteiger charge is -2.09. The van der Waals surface area contributed by atoms with E-state index < -0.39 is 0 Å². The van der Waals surface area contributed by atoms with Crippen molar-refractivity contribution in [1.82, 2.24) is 4.98 Å². The SMILES string of the molecule is Cc1ccc(NC(=O)c2ccnc(CCN)c2)c(Br)c1. The molecule has 1 aromatic carbocycles. The molecular weight excluding hydrogens is 318 g/mol. The fourth-order valence-electron chi connectivity index (χ4n) is 1.82. The second kappa shape index (κ2) is 6.63. The van der Waals surface area contributed by atoms with Crippen molar-refractivity contribution in [3.63, 3.8) is 0 Å². The minimum Gasteiger partial charge on any atom is -0.330 e. The number of carbonyl (C=O) groups is 1. The van der Waals surface area contributed by atoms with Crippen molar-refractivity contribution >= 4 is 27.5 Å². The van der Waals surface area contributed by atoms with Crippen LogP contribution in [0.2, 0.25) is 0 Å². The van der Waals surface area contributed by atoms with Crippen LogP contribution >= 0.6 is 15.9 Å². The van der Waals surface area contributed by atoms with Crippen LogP contribution in [0.25, 0.3) is 0 Å². The molecule has 20 heavy (non-hydrogen) atoms. The number of nitrogens with one attached hydrogen (secondary N) is 1. The third-order valence-electron chi connectivity index (χ3n) is 2.85. The first kappa shape index (κ1) is 14.7. The number of nitrogens with two attached hydrogens (primary N) is 1. The van der Waals surface area contributed by atoms with E-state index in [1.165, 1.54) is 0 Å². The maximum absolute atomic E-state index is 12.2. The smallest absolute Gasteiger partial charge is 0.255 e. The van der Waals surface area contributed by atoms with E-state index >= 15 is 0 Å². The Morgan fingerprint density at radius 2 is 2.15 bits per heavy atom. The topological polar surface area (TPSA) is 68.0 Å². The Labute approximate surface area is 126 Å². The summed E-state index contributed by atoms with van der Waals surface area (Å²) in [6, 6.07) is 9.25. The van der Waals surface area contributed by atoms with Crippen molar-refractivity contribution in [2.75, 3.05) is 11.9 Å². The summed E-state index contributed by atoms with van der Waals surface area (Å²) in [5, 5.41) is 2.88. The molecule has 0 radical (unpaired) electrons. The number of rotatable bonds is 4. The summed E-state index contributed by atoms with van der Waals surface area (Å²) >= 11 is 3.44. The molecule has 1 aromatic heterocycles. The van der Waals surface area contributed by atoms with Crippen LogP contribution in [-0.4, -0.2) is 17.4 Å². The number of benzene rings is 1. The molecule has 3 N–H and O–H groups in total. The molecule has 2 aromatic rings. The summed E-state index contributed by atoms with van der Waals surface area (Å²) in [4.78, 5) is 16.4. The predicted molar refractivity (Wildman–Crippen MR) is 83.8 cm³/mol. The van der Waals surface area contributed by atoms with Crippen LogP contribution in [0.1, 0.15) is 21.6 Å². The Bertz CT molecular complexity index is 628. The first-order chi connectivity index (χ1) is 9.60. The van der Waals surface area contributed by atoms with Crippen molar-refractivity contribution in [3.05, 3.63) is 57.8 Å². The Kier molecular flexibility index (Phi) is 4.87. The zero-order valence-corrected chi connectivity index (χ0v) is 12.8. The van der Waals surface area contributed by atoms with Gasteiger partial charge in [0.15, 0.2) is 0 Å². The second-order valence-corrected chi connectivity index (χ2v) is 5.37. The van der Waals surface area contributed by atoms with Gasteiger partial charge in [-0.3, -0.25) is 9.78 Å². The van der Waals surface area contributed by atoms with Gasteiger partial charge in [-0.05, 0) is 59.2 Å². The van der Waals surface area contributed by atoms with E-state index in [1.807, 2.05) is 25.1 Å². The number of hydrogen-bond acceptors (Lipinski definition) is 3. The Morgan fingerprint density at radius 3 is 2.85 bits per heavy atom. The number of carbonyl (C=O) groups excluding carboxylic acids is 1. The van der Waals surface area contributed by atoms with Gasteiger partial charge >= 0.3 is 0 Å². The van der Waals surface area contributed by atoms with Crippen LogP contribution < -0.4 is 11.1 Å². The molecule has 0 aliphatic rings. The van der Waals surface area contributed by atoms with E-state index in [4.69, 9.17) is 5.73 Å². The highest BCUT2D eigenvalue weighted by atomic mass is 79.9. The third-order valence-corrected chi connectivity index (χ3v) is 3.51. The first-order valence-corrected chi connectivity index (χ1v) is 7.12. The summed E-state index contributed by atoms with van der Waals surface area (Å²) in [5.74, 6) is -0.157. The summed E-state index contributed by atoms with van der Waals surface area (Å²) in [7, 11) is 0. The zero-order valence-electron chi connectivity index (χ0n) is 11.2. The van der Waals surface area contributed by atoms with E-state index in [9.17, 15) is 4.79 Å². The van der Waals surface area contributed by atoms with Crippen LogP contribution in [0.15, 0.2) is 41.0 Å². The molecule has 0 fully saturated rings. The Hall–Kier alpha value is -1.72. The molecule has 104 valence electrons. The average molecular weight is 334 g/mol. The second-order valence-electron chi connectivity index (χ2n) is 4.51. The number of amides is 1. The molecule has 0 unspecified atom stereocenters. The molecule has 0 atom stereocenters. The van der Waals surface area contributed by atoms with Crippen molar-refractivity contribution in [1.29, 1.82) is 0 Å². The fourth-order valence-corrected chi connectivity index (χ4v) is 2.41. The lowest BCUT2D eigenvalue weighted by Crippen LogP contribution is -2.13. The quantitative estimate of drug-likeness (QED) is 0.903. The summed E-state index contributed by atoms with van der Waals surface area (Å²) in [6.07, 6.45) is 2.29. The Morgan fingerprint density at radius 1 is 1.35 bits per heavy atom. The molecule has 5 heteroatoms. The van der Waals surface area contributed by atoms with Gasteiger partial charge in [0.05, 0.1) is 5.69 Å². The molecule has 0 aliphatic heterocycles. The average Bonchev–Trinajstić information content (AvgIpc) is 2.42. The zero-order chi connectivity index (χ0) is 14.5. The number of halogens is 1. The van der Waals surface area contributed by atoms with Crippen LogP contribution in [-0.2, 0) is 6.42 Å². The van der Waals surface area contributed by atoms with Gasteiger partial charge < -0.3 is 11.1 Å². The van der Waals surface area contributed by atoms with Crippen LogP contribution in [0.5, 0.6) is 0 Å². The Balaban J connectivity index is 2.17. The van der Waals surface area contributed by atoms with E-state index in [2.05, 4.69) is 26.2 Å². The maximum atomic E-state index is 12.2. The molecule has 0 saturated heterocycles. The fraction of sp³-hybridized carbons (Fsp3) is 0.200. The van der Waals surface area contributed by atoms with Gasteiger partial charge in [0.2, 0.25) is 0 Å². The number of hydrogen-bond donors (Lipinski definition) is 2. The van der Waals surface area contributed by atoms with E-state index in [1.54, 1.807) is 18.3 Å². The maximum Gasteiger partial charge on any atom is 0.255 e. The van der Waals surface area contributed by atoms with Gasteiger partial charge in [0, 0.05) is 28.3 Å². The number of aromatic nitrogens is 1. The molecule has 4 nitrogen and oxygen atoms in total. The van der Waals surface area contributed by atoms with Crippen LogP contribution in [0.4, 0.5) is 5.69 Å². The largest absolute Gasteiger partial charge is 0.330 e. The molecule has 2 rings (SSSR count). The van der Waals surface area contributed by atoms with Gasteiger partial charge in [-0.25, -0.2) is 0 Å². The highest BCUT2D eigenvalue weighted by Crippen LogP contribution is 2.23. The molecule has 0 saturated carbocycles. The summed E-state index contributed by atoms with van der Waals surface area (Å²) in [5.41, 5.74) is 8.78. The molecule has 1 amide bonds. The van der Waals surface area contributed by atoms with Crippen molar-refractivity contribution in [2.24, 2.45) is 5.73 Å². The lowest BCUT2D eigenvalue weighted by molar-refractivity contribution is 0.102. The van der Waals surface area contributed by atoms with E-state index in [0.717, 1.165) is 21.4 Å². The number of anilines is 1. The van der Waals surface area contributed by atoms with Gasteiger partial charge in [-0.1, -0.05) is 6.07 Å². The normalized spacial score (nSPS) is 10.3. The van der Waals surface area contributed by atoms with E-state index in [-0.39, 0.29) is 5.91 Å². The highest BCUT2D eigenvalue weighted by Gasteiger charge is 2.09. The van der Waals surface area contributed by atoms with Gasteiger partial charge in [-0.2, -0.15) is 0 Å². The van der Waals surface area contributed by atoms with Crippen LogP contribution in [0.3, 0.4) is 0 Å². The molecule has 0 aliphatic carbocycles. The summed E-state index contributed by atoms with van der Waals surface area (Å²) < 4.78 is 0.863. The van der Waals surface area contributed by atoms with Gasteiger partial charge in [-0.15, -0.1) is 0 Å². The van der Waals surface area contributed by atoms with Crippen molar-refractivity contribution in [3.8, 4) is 0 Å². The molecule has 1 heterocycles. The monoisotopic (exact) mass is 333 g/mol. The van der Waals surface area contributed by atoms with Crippen molar-refractivity contribution < 1.29 is 4.79 Å². The molecular formula is C15H16BrN3O. The number of pyridine rings is 1. The number of aryl methyl sites for hydroxylation is 1. The van der Waals surface area contributed by atoms with Crippen molar-refractivity contribution in [2.45, 2.75) is 13.3 Å². The van der Waals surface area contributed by atoms with Gasteiger partial charge in [0.1, 0.15) is 0 Å². The summed E-state index contributed by atoms with van der Waals surface area (Å²) in [6.45, 7) is 2.51. The predicted octanol–water partition coefficient (Wildman–Crippen LogP) is 2.91. The first-order valence-electron chi connectivity index (χ1n) is 6.32. The minimum absolute atomic E-state index is 0.157. The van der Waals surface area contributed by atoms with E-state index in [0.29, 0.717) is 18.5 Å². The minimum atomic E-state index is -0.157. The third kappa shape index (κ3) is 3.65. The van der Waals surface area contributed by atoms with Gasteiger partial charge in [0.25, 0.3) is 5.91 Å². The highest BCUT2D eigenvalue weighted by molar-refractivity contribution is 9.10. The van der Waals surface area contributed by atoms with Crippen LogP contribution in [0, 0.1) is 6.92 Å². The molecule has 0 spiro atoms. The standard InChI is InChI=1S/C15H16BrN3O/c1-10-2-3-14(13(16)8-10)19-15(20)11-5-7-18-12(9-11)4-6-17/h2-3,5,7-9H,4,6,17H2,1H3,(H,19,20). The number of nitrogens with zero attached hydrogens (tertiary/aromatic N) is 1. The molecule has 0 bridgehead atoms. The lowest BCUT2D eigenvalue weighted by atomic mass is 10.1.